The largest absolute Gasteiger partial charge is 0.372 e. The van der Waals surface area contributed by atoms with Crippen molar-refractivity contribution in [3.8, 4) is 0 Å². The van der Waals surface area contributed by atoms with Gasteiger partial charge < -0.3 is 24.8 Å². The van der Waals surface area contributed by atoms with Gasteiger partial charge in [-0.25, -0.2) is 4.39 Å². The zero-order valence-electron chi connectivity index (χ0n) is 35.7. The van der Waals surface area contributed by atoms with Crippen LogP contribution in [0.15, 0.2) is 91.0 Å². The summed E-state index contributed by atoms with van der Waals surface area (Å²) in [4.78, 5) is 57.7. The molecule has 4 aliphatic rings. The normalized spacial score (nSPS) is 20.9. The molecular formula is C51H60FN5O4. The van der Waals surface area contributed by atoms with E-state index >= 15 is 4.39 Å². The fourth-order valence-electron chi connectivity index (χ4n) is 10.7. The molecule has 0 spiro atoms. The van der Waals surface area contributed by atoms with E-state index in [-0.39, 0.29) is 29.9 Å². The van der Waals surface area contributed by atoms with Gasteiger partial charge in [-0.3, -0.25) is 19.3 Å². The third-order valence-corrected chi connectivity index (χ3v) is 14.2. The van der Waals surface area contributed by atoms with Crippen LogP contribution >= 0.6 is 0 Å². The number of rotatable bonds is 14. The number of piperidine rings is 2. The summed E-state index contributed by atoms with van der Waals surface area (Å²) in [6, 6.07) is 32.0. The van der Waals surface area contributed by atoms with Crippen molar-refractivity contribution >= 4 is 30.1 Å². The van der Waals surface area contributed by atoms with Crippen LogP contribution in [0.3, 0.4) is 0 Å². The van der Waals surface area contributed by atoms with Crippen LogP contribution in [0.2, 0.25) is 0 Å². The number of carbonyl (C=O) groups is 4. The van der Waals surface area contributed by atoms with Crippen LogP contribution in [0.4, 0.5) is 10.1 Å². The van der Waals surface area contributed by atoms with Crippen LogP contribution in [-0.4, -0.2) is 104 Å². The molecule has 1 aliphatic carbocycles. The van der Waals surface area contributed by atoms with Crippen LogP contribution < -0.4 is 10.2 Å². The summed E-state index contributed by atoms with van der Waals surface area (Å²) in [6.07, 6.45) is 7.19. The summed E-state index contributed by atoms with van der Waals surface area (Å²) < 4.78 is 16.5. The Kier molecular flexibility index (Phi) is 13.1. The highest BCUT2D eigenvalue weighted by Crippen LogP contribution is 2.46. The van der Waals surface area contributed by atoms with Crippen molar-refractivity contribution in [3.63, 3.8) is 0 Å². The van der Waals surface area contributed by atoms with E-state index in [1.165, 1.54) is 46.9 Å². The number of carbonyl (C=O) groups excluding carboxylic acids is 4. The standard InChI is InChI=1S/C51H60FN5O4/c1-53-49(60)47(13-8-28-58)54(2)50(61)46-30-41-33-56(32-40(41)29-42(46)34-59)35-51(52)22-26-55(27-23-51)31-36-20-24-57(25-21-36)43-17-14-39(15-18-43)48-44-12-7-6-11-38(44)16-19-45(48)37-9-4-3-5-10-37/h3-7,9-12,14-15,17-18,28-30,34,36,45,47-48H,8,13,16,19-27,31-33,35H2,1-2H3,(H,53,60). The van der Waals surface area contributed by atoms with Gasteiger partial charge in [-0.1, -0.05) is 66.7 Å². The van der Waals surface area contributed by atoms with E-state index in [0.717, 1.165) is 75.8 Å². The van der Waals surface area contributed by atoms with Crippen molar-refractivity contribution in [2.75, 3.05) is 58.3 Å². The third-order valence-electron chi connectivity index (χ3n) is 14.2. The first-order valence-corrected chi connectivity index (χ1v) is 22.3. The highest BCUT2D eigenvalue weighted by molar-refractivity contribution is 6.03. The van der Waals surface area contributed by atoms with Crippen molar-refractivity contribution in [1.29, 1.82) is 0 Å². The highest BCUT2D eigenvalue weighted by atomic mass is 19.1. The molecule has 0 saturated carbocycles. The van der Waals surface area contributed by atoms with Crippen LogP contribution in [0.25, 0.3) is 0 Å². The molecule has 320 valence electrons. The first-order chi connectivity index (χ1) is 29.7. The minimum absolute atomic E-state index is 0.126. The molecule has 0 aromatic heterocycles. The zero-order chi connectivity index (χ0) is 42.5. The van der Waals surface area contributed by atoms with E-state index in [2.05, 4.69) is 98.9 Å². The molecule has 2 saturated heterocycles. The Bertz CT molecular complexity index is 2180. The second-order valence-electron chi connectivity index (χ2n) is 18.0. The second-order valence-corrected chi connectivity index (χ2v) is 18.0. The van der Waals surface area contributed by atoms with E-state index in [0.29, 0.717) is 56.5 Å². The minimum atomic E-state index is -1.30. The number of aldehydes is 2. The van der Waals surface area contributed by atoms with Crippen LogP contribution in [0.1, 0.15) is 111 Å². The summed E-state index contributed by atoms with van der Waals surface area (Å²) in [5.41, 5.74) is 8.01. The van der Waals surface area contributed by atoms with Gasteiger partial charge in [0.25, 0.3) is 5.91 Å². The summed E-state index contributed by atoms with van der Waals surface area (Å²) in [5.74, 6) is 0.568. The van der Waals surface area contributed by atoms with Crippen molar-refractivity contribution in [3.05, 3.63) is 136 Å². The Morgan fingerprint density at radius 3 is 2.21 bits per heavy atom. The number of nitrogens with zero attached hydrogens (tertiary/aromatic N) is 4. The number of hydrogen-bond donors (Lipinski definition) is 1. The van der Waals surface area contributed by atoms with Gasteiger partial charge in [0.05, 0.1) is 5.56 Å². The van der Waals surface area contributed by atoms with Gasteiger partial charge in [0, 0.05) is 90.0 Å². The molecule has 4 aromatic carbocycles. The van der Waals surface area contributed by atoms with E-state index < -0.39 is 17.6 Å². The molecule has 3 unspecified atom stereocenters. The molecule has 4 aromatic rings. The maximum absolute atomic E-state index is 16.5. The monoisotopic (exact) mass is 825 g/mol. The fraction of sp³-hybridized carbons (Fsp3) is 0.451. The molecule has 3 aliphatic heterocycles. The number of likely N-dealkylation sites (N-methyl/N-ethyl adjacent to an activating group) is 2. The number of hydrogen-bond acceptors (Lipinski definition) is 7. The molecular weight excluding hydrogens is 766 g/mol. The second kappa shape index (κ2) is 18.8. The molecule has 0 bridgehead atoms. The molecule has 61 heavy (non-hydrogen) atoms. The van der Waals surface area contributed by atoms with Gasteiger partial charge in [-0.05, 0) is 114 Å². The summed E-state index contributed by atoms with van der Waals surface area (Å²) in [6.45, 7) is 5.86. The Morgan fingerprint density at radius 1 is 0.836 bits per heavy atom. The Labute approximate surface area is 360 Å². The van der Waals surface area contributed by atoms with E-state index in [1.54, 1.807) is 12.1 Å². The van der Waals surface area contributed by atoms with Gasteiger partial charge >= 0.3 is 0 Å². The molecule has 3 atom stereocenters. The number of anilines is 1. The smallest absolute Gasteiger partial charge is 0.255 e. The molecule has 9 nitrogen and oxygen atoms in total. The molecule has 2 fully saturated rings. The van der Waals surface area contributed by atoms with Gasteiger partial charge in [0.15, 0.2) is 6.29 Å². The summed E-state index contributed by atoms with van der Waals surface area (Å²) >= 11 is 0. The zero-order valence-corrected chi connectivity index (χ0v) is 35.7. The lowest BCUT2D eigenvalue weighted by molar-refractivity contribution is -0.125. The number of nitrogens with one attached hydrogen (secondary N) is 1. The van der Waals surface area contributed by atoms with E-state index in [1.807, 2.05) is 0 Å². The topological polar surface area (TPSA) is 93.3 Å². The van der Waals surface area contributed by atoms with E-state index in [9.17, 15) is 19.2 Å². The van der Waals surface area contributed by atoms with Crippen LogP contribution in [-0.2, 0) is 29.1 Å². The van der Waals surface area contributed by atoms with Crippen molar-refractivity contribution in [2.45, 2.75) is 88.0 Å². The number of likely N-dealkylation sites (tertiary alicyclic amines) is 1. The minimum Gasteiger partial charge on any atom is -0.372 e. The number of benzene rings is 4. The van der Waals surface area contributed by atoms with Crippen molar-refractivity contribution in [1.82, 2.24) is 20.0 Å². The molecule has 8 rings (SSSR count). The average molecular weight is 826 g/mol. The molecule has 2 amide bonds. The maximum atomic E-state index is 16.5. The number of fused-ring (bicyclic) bond motifs is 2. The lowest BCUT2D eigenvalue weighted by atomic mass is 9.69. The predicted molar refractivity (Wildman–Crippen MR) is 238 cm³/mol. The third kappa shape index (κ3) is 9.36. The molecule has 3 heterocycles. The van der Waals surface area contributed by atoms with Gasteiger partial charge in [0.2, 0.25) is 5.91 Å². The fourth-order valence-corrected chi connectivity index (χ4v) is 10.7. The SMILES string of the molecule is CNC(=O)C(CCC=O)N(C)C(=O)c1cc2c(cc1C=O)CN(CC1(F)CCN(CC3CCN(c4ccc(C5c6ccccc6CCC5c5ccccc5)cc4)CC3)CC1)C2. The Balaban J connectivity index is 0.820. The van der Waals surface area contributed by atoms with Gasteiger partial charge in [-0.2, -0.15) is 0 Å². The summed E-state index contributed by atoms with van der Waals surface area (Å²) in [7, 11) is 3.00. The predicted octanol–water partition coefficient (Wildman–Crippen LogP) is 7.56. The number of alkyl halides is 1. The quantitative estimate of drug-likeness (QED) is 0.131. The van der Waals surface area contributed by atoms with Crippen LogP contribution in [0, 0.1) is 5.92 Å². The number of amides is 2. The van der Waals surface area contributed by atoms with Crippen LogP contribution in [0.5, 0.6) is 0 Å². The van der Waals surface area contributed by atoms with Crippen molar-refractivity contribution in [2.24, 2.45) is 5.92 Å². The first kappa shape index (κ1) is 42.5. The number of halogens is 1. The lowest BCUT2D eigenvalue weighted by Gasteiger charge is -2.41. The first-order valence-electron chi connectivity index (χ1n) is 22.3. The van der Waals surface area contributed by atoms with Crippen molar-refractivity contribution < 1.29 is 23.6 Å². The highest BCUT2D eigenvalue weighted by Gasteiger charge is 2.39. The lowest BCUT2D eigenvalue weighted by Crippen LogP contribution is -2.49. The molecule has 1 N–H and O–H groups in total. The Hall–Kier alpha value is -5.19. The Morgan fingerprint density at radius 2 is 1.52 bits per heavy atom. The molecule has 10 heteroatoms. The maximum Gasteiger partial charge on any atom is 0.255 e. The van der Waals surface area contributed by atoms with Gasteiger partial charge in [-0.15, -0.1) is 0 Å². The average Bonchev–Trinajstić information content (AvgIpc) is 3.69. The number of aryl methyl sites for hydroxylation is 1. The van der Waals surface area contributed by atoms with Gasteiger partial charge in [0.1, 0.15) is 18.0 Å². The summed E-state index contributed by atoms with van der Waals surface area (Å²) in [5, 5.41) is 2.56. The molecule has 0 radical (unpaired) electrons. The van der Waals surface area contributed by atoms with E-state index in [4.69, 9.17) is 0 Å².